The second-order valence-electron chi connectivity index (χ2n) is 18.1. The van der Waals surface area contributed by atoms with Crippen molar-refractivity contribution in [3.8, 4) is 54.3 Å². The van der Waals surface area contributed by atoms with Crippen molar-refractivity contribution in [2.75, 3.05) is 49.1 Å². The molecule has 0 radical (unpaired) electrons. The standard InChI is InChI=1S/C25H18N4O4.C21H16N2O6.C8H7N.C7H5ClO2.C7H8N2O2/c1-3-16-7-5-9-19(11-16)26-24(32)28-21-13-18(23(30)31)14-22(15-21)29-25(33)27-20-10-6-8-17(4-2)12-20;24-19(25)14-11-15(22-20(26)28-17-7-3-1-4-8-17)13-16(12-14)23-21(27)29-18-9-5-2-6-10-18;1-2-7-4-3-5-8(9)6-7;8-7(9)10-6-4-2-1-3-5-6;8-5-1-4(7(10)11)2-6(9)3-5/h1-2,5-15H,(H,30,31)(H2,26,28,32)(H2,27,29,33);1-13H,(H,22,26)(H,23,27)(H,24,25);1,3-6H,9H2;1-5H;1-3H,8-9H2,(H,10,11). The van der Waals surface area contributed by atoms with E-state index in [1.54, 1.807) is 146 Å². The minimum atomic E-state index is -1.23. The van der Waals surface area contributed by atoms with Crippen molar-refractivity contribution in [3.05, 3.63) is 252 Å². The van der Waals surface area contributed by atoms with Gasteiger partial charge in [-0.25, -0.2) is 38.4 Å². The van der Waals surface area contributed by atoms with Crippen LogP contribution in [0.15, 0.2) is 218 Å². The highest BCUT2D eigenvalue weighted by atomic mass is 35.5. The molecule has 0 aromatic heterocycles. The van der Waals surface area contributed by atoms with Crippen molar-refractivity contribution in [1.82, 2.24) is 0 Å². The molecule has 0 bridgehead atoms. The highest BCUT2D eigenvalue weighted by Gasteiger charge is 2.15. The van der Waals surface area contributed by atoms with Crippen molar-refractivity contribution < 1.29 is 67.9 Å². The van der Waals surface area contributed by atoms with Crippen LogP contribution >= 0.6 is 11.6 Å². The molecular weight excluding hydrogens is 1200 g/mol. The van der Waals surface area contributed by atoms with Gasteiger partial charge >= 0.3 is 47.6 Å². The maximum Gasteiger partial charge on any atom is 0.417 e. The molecule has 0 aliphatic rings. The van der Waals surface area contributed by atoms with Gasteiger partial charge in [-0.2, -0.15) is 0 Å². The molecule has 0 saturated heterocycles. The van der Waals surface area contributed by atoms with Gasteiger partial charge < -0.3 is 68.0 Å². The van der Waals surface area contributed by atoms with Crippen LogP contribution in [-0.4, -0.2) is 62.9 Å². The van der Waals surface area contributed by atoms with E-state index < -0.39 is 47.6 Å². The molecule has 462 valence electrons. The summed E-state index contributed by atoms with van der Waals surface area (Å²) in [5.74, 6) is 5.04. The fourth-order valence-electron chi connectivity index (χ4n) is 7.24. The van der Waals surface area contributed by atoms with Crippen molar-refractivity contribution in [3.63, 3.8) is 0 Å². The Balaban J connectivity index is 0.000000232. The first kappa shape index (κ1) is 69.1. The van der Waals surface area contributed by atoms with E-state index in [1.807, 2.05) is 18.2 Å². The molecule has 24 heteroatoms. The van der Waals surface area contributed by atoms with Crippen LogP contribution in [0.4, 0.5) is 75.2 Å². The predicted molar refractivity (Wildman–Crippen MR) is 352 cm³/mol. The molecule has 0 spiro atoms. The van der Waals surface area contributed by atoms with Crippen molar-refractivity contribution in [2.45, 2.75) is 0 Å². The number of hydrogen-bond donors (Lipinski definition) is 12. The number of carbonyl (C=O) groups excluding carboxylic acids is 5. The maximum atomic E-state index is 12.4. The van der Waals surface area contributed by atoms with Crippen molar-refractivity contribution in [2.24, 2.45) is 0 Å². The third-order valence-corrected chi connectivity index (χ3v) is 11.1. The Morgan fingerprint density at radius 2 is 0.652 bits per heavy atom. The summed E-state index contributed by atoms with van der Waals surface area (Å²) in [6.07, 6.45) is 14.2. The molecule has 23 nitrogen and oxygen atoms in total. The third kappa shape index (κ3) is 25.5. The number of halogens is 1. The number of carbonyl (C=O) groups is 8. The summed E-state index contributed by atoms with van der Waals surface area (Å²) in [6.45, 7) is 0. The predicted octanol–water partition coefficient (Wildman–Crippen LogP) is 13.5. The van der Waals surface area contributed by atoms with Gasteiger partial charge in [0.1, 0.15) is 17.2 Å². The summed E-state index contributed by atoms with van der Waals surface area (Å²) in [4.78, 5) is 92.2. The molecule has 0 fully saturated rings. The topological polar surface area (TPSA) is 375 Å². The van der Waals surface area contributed by atoms with Gasteiger partial charge in [0, 0.05) is 79.5 Å². The van der Waals surface area contributed by atoms with Gasteiger partial charge in [-0.05, 0) is 146 Å². The molecule has 0 unspecified atom stereocenters. The van der Waals surface area contributed by atoms with Crippen LogP contribution < -0.4 is 63.3 Å². The van der Waals surface area contributed by atoms with E-state index in [-0.39, 0.29) is 39.4 Å². The molecule has 0 atom stereocenters. The number of para-hydroxylation sites is 3. The first-order valence-electron chi connectivity index (χ1n) is 26.3. The number of urea groups is 2. The van der Waals surface area contributed by atoms with Crippen LogP contribution in [0, 0.1) is 37.0 Å². The van der Waals surface area contributed by atoms with Gasteiger partial charge in [0.25, 0.3) is 0 Å². The highest BCUT2D eigenvalue weighted by Crippen LogP contribution is 2.24. The lowest BCUT2D eigenvalue weighted by molar-refractivity contribution is 0.0686. The SMILES string of the molecule is C#Cc1cccc(N)c1.C#Cc1cccc(NC(=O)Nc2cc(NC(=O)Nc3cccc(C#C)c3)cc(C(=O)O)c2)c1.Nc1cc(N)cc(C(=O)O)c1.O=C(Cl)Oc1ccccc1.O=C(Nc1cc(NC(=O)Oc2ccccc2)cc(C(=O)O)c1)Oc1ccccc1. The van der Waals surface area contributed by atoms with Crippen molar-refractivity contribution >= 4 is 110 Å². The number of ether oxygens (including phenoxy) is 3. The van der Waals surface area contributed by atoms with Gasteiger partial charge in [0.05, 0.1) is 16.7 Å². The maximum absolute atomic E-state index is 12.4. The molecule has 0 aliphatic carbocycles. The number of terminal acetylenes is 3. The van der Waals surface area contributed by atoms with E-state index in [1.165, 1.54) is 54.6 Å². The number of benzene rings is 9. The van der Waals surface area contributed by atoms with Gasteiger partial charge in [-0.1, -0.05) is 90.6 Å². The Morgan fingerprint density at radius 1 is 0.337 bits per heavy atom. The fourth-order valence-corrected chi connectivity index (χ4v) is 7.33. The van der Waals surface area contributed by atoms with Crippen LogP contribution in [-0.2, 0) is 0 Å². The lowest BCUT2D eigenvalue weighted by Gasteiger charge is -2.12. The summed E-state index contributed by atoms with van der Waals surface area (Å²) in [7, 11) is 0. The Hall–Kier alpha value is -13.7. The summed E-state index contributed by atoms with van der Waals surface area (Å²) < 4.78 is 14.8. The van der Waals surface area contributed by atoms with Crippen LogP contribution in [0.3, 0.4) is 0 Å². The highest BCUT2D eigenvalue weighted by molar-refractivity contribution is 6.61. The van der Waals surface area contributed by atoms with Gasteiger partial charge in [-0.3, -0.25) is 10.6 Å². The molecular formula is C68H54ClN9O14. The number of carboxylic acid groups (broad SMARTS) is 3. The van der Waals surface area contributed by atoms with Crippen LogP contribution in [0.25, 0.3) is 0 Å². The first-order chi connectivity index (χ1) is 44.1. The Kier molecular flexibility index (Phi) is 26.8. The number of nitrogen functional groups attached to an aromatic ring is 3. The molecule has 6 amide bonds. The largest absolute Gasteiger partial charge is 0.478 e. The smallest absolute Gasteiger partial charge is 0.417 e. The van der Waals surface area contributed by atoms with E-state index >= 15 is 0 Å². The lowest BCUT2D eigenvalue weighted by atomic mass is 10.1. The number of anilines is 9. The normalized spacial score (nSPS) is 9.50. The summed E-state index contributed by atoms with van der Waals surface area (Å²) in [6, 6.07) is 56.8. The number of hydrogen-bond acceptors (Lipinski definition) is 14. The number of carboxylic acids is 3. The Labute approximate surface area is 531 Å². The average Bonchev–Trinajstić information content (AvgIpc) is 2.22. The van der Waals surface area contributed by atoms with Gasteiger partial charge in [0.2, 0.25) is 0 Å². The van der Waals surface area contributed by atoms with E-state index in [9.17, 15) is 48.6 Å². The molecule has 9 rings (SSSR count). The number of nitrogens with two attached hydrogens (primary N) is 3. The van der Waals surface area contributed by atoms with Crippen LogP contribution in [0.2, 0.25) is 0 Å². The average molecular weight is 1260 g/mol. The minimum Gasteiger partial charge on any atom is -0.478 e. The minimum absolute atomic E-state index is 0.113. The zero-order valence-electron chi connectivity index (χ0n) is 48.0. The quantitative estimate of drug-likeness (QED) is 0.0307. The molecule has 0 heterocycles. The summed E-state index contributed by atoms with van der Waals surface area (Å²) in [5, 5.41) is 42.4. The molecule has 92 heavy (non-hydrogen) atoms. The number of rotatable bonds is 12. The van der Waals surface area contributed by atoms with E-state index in [4.69, 9.17) is 62.7 Å². The third-order valence-electron chi connectivity index (χ3n) is 11.1. The molecule has 9 aromatic carbocycles. The summed E-state index contributed by atoms with van der Waals surface area (Å²) >= 11 is 4.95. The molecule has 9 aromatic rings. The van der Waals surface area contributed by atoms with Crippen LogP contribution in [0.1, 0.15) is 47.8 Å². The summed E-state index contributed by atoms with van der Waals surface area (Å²) in [5.41, 5.74) is 20.1. The monoisotopic (exact) mass is 1260 g/mol. The van der Waals surface area contributed by atoms with Gasteiger partial charge in [0.15, 0.2) is 0 Å². The fraction of sp³-hybridized carbons (Fsp3) is 0. The molecule has 0 saturated carbocycles. The lowest BCUT2D eigenvalue weighted by Crippen LogP contribution is -2.21. The molecule has 0 aliphatic heterocycles. The number of amides is 6. The number of aromatic carboxylic acids is 3. The zero-order chi connectivity index (χ0) is 67.0. The van der Waals surface area contributed by atoms with E-state index in [0.29, 0.717) is 56.8 Å². The Morgan fingerprint density at radius 3 is 0.978 bits per heavy atom. The van der Waals surface area contributed by atoms with E-state index in [2.05, 4.69) is 54.4 Å². The van der Waals surface area contributed by atoms with E-state index in [0.717, 1.165) is 5.56 Å². The number of nitrogens with one attached hydrogen (secondary N) is 6. The zero-order valence-corrected chi connectivity index (χ0v) is 48.7. The van der Waals surface area contributed by atoms with Gasteiger partial charge in [-0.15, -0.1) is 19.3 Å². The second kappa shape index (κ2) is 35.7. The van der Waals surface area contributed by atoms with Crippen molar-refractivity contribution in [1.29, 1.82) is 0 Å². The second-order valence-corrected chi connectivity index (χ2v) is 18.4. The van der Waals surface area contributed by atoms with Crippen LogP contribution in [0.5, 0.6) is 17.2 Å². The first-order valence-corrected chi connectivity index (χ1v) is 26.7. The Bertz CT molecular complexity index is 4050. The molecule has 15 N–H and O–H groups in total.